The summed E-state index contributed by atoms with van der Waals surface area (Å²) in [5, 5.41) is 6.39. The molecular formula is C14H15N3O2S. The van der Waals surface area contributed by atoms with E-state index in [2.05, 4.69) is 11.2 Å². The molecule has 0 aromatic rings. The quantitative estimate of drug-likeness (QED) is 0.723. The average Bonchev–Trinajstić information content (AvgIpc) is 2.46. The fourth-order valence-electron chi connectivity index (χ4n) is 2.36. The molecule has 0 aromatic carbocycles. The van der Waals surface area contributed by atoms with Crippen molar-refractivity contribution in [2.45, 2.75) is 18.1 Å². The Morgan fingerprint density at radius 3 is 2.95 bits per heavy atom. The molecule has 1 unspecified atom stereocenters. The van der Waals surface area contributed by atoms with Gasteiger partial charge >= 0.3 is 0 Å². The molecule has 3 heterocycles. The molecule has 1 saturated heterocycles. The molecule has 0 spiro atoms. The summed E-state index contributed by atoms with van der Waals surface area (Å²) in [5.74, 6) is -0.0934. The number of carbonyl (C=O) groups excluding carboxylic acids is 2. The molecule has 5 nitrogen and oxygen atoms in total. The lowest BCUT2D eigenvalue weighted by molar-refractivity contribution is -0.137. The molecule has 1 fully saturated rings. The Morgan fingerprint density at radius 1 is 1.35 bits per heavy atom. The molecule has 0 radical (unpaired) electrons. The first-order valence-corrected chi connectivity index (χ1v) is 7.76. The van der Waals surface area contributed by atoms with Gasteiger partial charge in [0.25, 0.3) is 0 Å². The first kappa shape index (κ1) is 13.2. The van der Waals surface area contributed by atoms with Crippen LogP contribution in [-0.4, -0.2) is 45.9 Å². The predicted octanol–water partition coefficient (Wildman–Crippen LogP) is 1.51. The summed E-state index contributed by atoms with van der Waals surface area (Å²) in [5.41, 5.74) is 1.80. The molecular weight excluding hydrogens is 274 g/mol. The van der Waals surface area contributed by atoms with Gasteiger partial charge in [-0.05, 0) is 24.5 Å². The largest absolute Gasteiger partial charge is 0.311 e. The normalized spacial score (nSPS) is 25.6. The zero-order valence-corrected chi connectivity index (χ0v) is 12.0. The maximum Gasteiger partial charge on any atom is 0.234 e. The van der Waals surface area contributed by atoms with Crippen molar-refractivity contribution in [3.8, 4) is 0 Å². The molecule has 0 N–H and O–H groups in total. The molecule has 20 heavy (non-hydrogen) atoms. The lowest BCUT2D eigenvalue weighted by Gasteiger charge is -2.31. The smallest absolute Gasteiger partial charge is 0.234 e. The van der Waals surface area contributed by atoms with E-state index in [4.69, 9.17) is 0 Å². The highest BCUT2D eigenvalue weighted by molar-refractivity contribution is 8.00. The number of thioether (sulfide) groups is 1. The first-order valence-electron chi connectivity index (χ1n) is 6.47. The molecule has 0 aliphatic carbocycles. The van der Waals surface area contributed by atoms with Gasteiger partial charge in [-0.15, -0.1) is 0 Å². The Morgan fingerprint density at radius 2 is 2.20 bits per heavy atom. The van der Waals surface area contributed by atoms with Crippen LogP contribution in [0.5, 0.6) is 0 Å². The first-order chi connectivity index (χ1) is 9.67. The number of likely N-dealkylation sites (tertiary alicyclic amines) is 1. The van der Waals surface area contributed by atoms with Gasteiger partial charge in [-0.25, -0.2) is 5.01 Å². The summed E-state index contributed by atoms with van der Waals surface area (Å²) >= 11 is 1.71. The Balaban J connectivity index is 1.83. The van der Waals surface area contributed by atoms with Crippen LogP contribution in [0, 0.1) is 0 Å². The standard InChI is InChI=1S/C14H15N3O2S/c1-20-13-7-11-6-10(2-5-17(11)15-9-13)16-4-3-12(18)8-14(16)19/h2,5-7,9,13H,3-4,8H2,1H3. The molecule has 0 bridgehead atoms. The van der Waals surface area contributed by atoms with E-state index in [9.17, 15) is 9.59 Å². The Hall–Kier alpha value is -1.82. The van der Waals surface area contributed by atoms with E-state index >= 15 is 0 Å². The maximum absolute atomic E-state index is 11.9. The lowest BCUT2D eigenvalue weighted by Crippen LogP contribution is -2.38. The maximum atomic E-state index is 11.9. The minimum absolute atomic E-state index is 0.0134. The van der Waals surface area contributed by atoms with Crippen LogP contribution in [-0.2, 0) is 9.59 Å². The van der Waals surface area contributed by atoms with Crippen LogP contribution >= 0.6 is 11.8 Å². The van der Waals surface area contributed by atoms with Crippen LogP contribution in [0.15, 0.2) is 40.9 Å². The number of amides is 1. The number of nitrogens with zero attached hydrogens (tertiary/aromatic N) is 3. The van der Waals surface area contributed by atoms with Crippen molar-refractivity contribution < 1.29 is 9.59 Å². The number of allylic oxidation sites excluding steroid dienone is 2. The number of fused-ring (bicyclic) bond motifs is 1. The molecule has 0 aromatic heterocycles. The van der Waals surface area contributed by atoms with Gasteiger partial charge in [0.15, 0.2) is 0 Å². The van der Waals surface area contributed by atoms with Crippen molar-refractivity contribution in [2.24, 2.45) is 5.10 Å². The monoisotopic (exact) mass is 289 g/mol. The van der Waals surface area contributed by atoms with Crippen LogP contribution in [0.4, 0.5) is 0 Å². The average molecular weight is 289 g/mol. The van der Waals surface area contributed by atoms with E-state index in [-0.39, 0.29) is 23.4 Å². The molecule has 3 aliphatic rings. The van der Waals surface area contributed by atoms with Gasteiger partial charge < -0.3 is 4.90 Å². The number of piperidine rings is 1. The van der Waals surface area contributed by atoms with Crippen LogP contribution in [0.1, 0.15) is 12.8 Å². The van der Waals surface area contributed by atoms with E-state index in [0.29, 0.717) is 13.0 Å². The Bertz CT molecular complexity index is 577. The Kier molecular flexibility index (Phi) is 3.48. The predicted molar refractivity (Wildman–Crippen MR) is 78.9 cm³/mol. The molecule has 1 amide bonds. The van der Waals surface area contributed by atoms with Gasteiger partial charge in [-0.1, -0.05) is 0 Å². The molecule has 6 heteroatoms. The molecule has 0 saturated carbocycles. The van der Waals surface area contributed by atoms with E-state index in [1.165, 1.54) is 0 Å². The van der Waals surface area contributed by atoms with Crippen LogP contribution < -0.4 is 0 Å². The molecule has 3 rings (SSSR count). The summed E-state index contributed by atoms with van der Waals surface area (Å²) in [4.78, 5) is 24.9. The van der Waals surface area contributed by atoms with Gasteiger partial charge in [0, 0.05) is 31.1 Å². The van der Waals surface area contributed by atoms with Crippen molar-refractivity contribution in [1.82, 2.24) is 9.91 Å². The highest BCUT2D eigenvalue weighted by atomic mass is 32.2. The van der Waals surface area contributed by atoms with Crippen LogP contribution in [0.25, 0.3) is 0 Å². The van der Waals surface area contributed by atoms with E-state index in [1.807, 2.05) is 30.8 Å². The van der Waals surface area contributed by atoms with Crippen molar-refractivity contribution in [2.75, 3.05) is 12.8 Å². The van der Waals surface area contributed by atoms with E-state index in [0.717, 1.165) is 11.4 Å². The van der Waals surface area contributed by atoms with Crippen LogP contribution in [0.2, 0.25) is 0 Å². The van der Waals surface area contributed by atoms with Gasteiger partial charge in [-0.2, -0.15) is 16.9 Å². The second kappa shape index (κ2) is 5.28. The Labute approximate surface area is 121 Å². The number of Topliss-reactive ketones (excluding diaryl/α,β-unsaturated/α-hetero) is 1. The van der Waals surface area contributed by atoms with Crippen LogP contribution in [0.3, 0.4) is 0 Å². The SMILES string of the molecule is CSC1C=NN2C=CC(N3CCC(=O)CC3=O)=CC2=C1. The summed E-state index contributed by atoms with van der Waals surface area (Å²) < 4.78 is 0. The van der Waals surface area contributed by atoms with Crippen molar-refractivity contribution in [3.05, 3.63) is 35.8 Å². The third-order valence-corrected chi connectivity index (χ3v) is 4.27. The molecule has 1 atom stereocenters. The van der Waals surface area contributed by atoms with Gasteiger partial charge in [0.2, 0.25) is 5.91 Å². The highest BCUT2D eigenvalue weighted by Gasteiger charge is 2.27. The third kappa shape index (κ3) is 2.43. The second-order valence-electron chi connectivity index (χ2n) is 4.80. The summed E-state index contributed by atoms with van der Waals surface area (Å²) in [6, 6.07) is 0. The summed E-state index contributed by atoms with van der Waals surface area (Å²) in [7, 11) is 0. The fraction of sp³-hybridized carbons (Fsp3) is 0.357. The minimum Gasteiger partial charge on any atom is -0.311 e. The van der Waals surface area contributed by atoms with Gasteiger partial charge in [0.05, 0.1) is 17.4 Å². The number of hydrazone groups is 1. The van der Waals surface area contributed by atoms with Crippen molar-refractivity contribution in [1.29, 1.82) is 0 Å². The number of hydrogen-bond acceptors (Lipinski definition) is 5. The number of rotatable bonds is 2. The van der Waals surface area contributed by atoms with Gasteiger partial charge in [0.1, 0.15) is 5.78 Å². The number of ketones is 1. The second-order valence-corrected chi connectivity index (χ2v) is 5.81. The highest BCUT2D eigenvalue weighted by Crippen LogP contribution is 2.26. The summed E-state index contributed by atoms with van der Waals surface area (Å²) in [6.45, 7) is 0.469. The fourth-order valence-corrected chi connectivity index (χ4v) is 2.81. The zero-order chi connectivity index (χ0) is 14.1. The topological polar surface area (TPSA) is 53.0 Å². The molecule has 104 valence electrons. The molecule has 3 aliphatic heterocycles. The summed E-state index contributed by atoms with van der Waals surface area (Å²) in [6.07, 6.45) is 12.1. The van der Waals surface area contributed by atoms with Crippen molar-refractivity contribution in [3.63, 3.8) is 0 Å². The minimum atomic E-state index is -0.119. The number of hydrogen-bond donors (Lipinski definition) is 0. The number of carbonyl (C=O) groups is 2. The van der Waals surface area contributed by atoms with E-state index in [1.54, 1.807) is 21.7 Å². The van der Waals surface area contributed by atoms with E-state index < -0.39 is 0 Å². The zero-order valence-electron chi connectivity index (χ0n) is 11.2. The third-order valence-electron chi connectivity index (χ3n) is 3.47. The van der Waals surface area contributed by atoms with Gasteiger partial charge in [-0.3, -0.25) is 9.59 Å². The lowest BCUT2D eigenvalue weighted by atomic mass is 10.1. The van der Waals surface area contributed by atoms with Crippen molar-refractivity contribution >= 4 is 29.7 Å².